The third-order valence-electron chi connectivity index (χ3n) is 3.23. The summed E-state index contributed by atoms with van der Waals surface area (Å²) in [5.74, 6) is 0. The SMILES string of the molecule is CC(O)c1cn(CCN2CCN(C)CC2)nn1. The van der Waals surface area contributed by atoms with Gasteiger partial charge in [-0.25, -0.2) is 0 Å². The van der Waals surface area contributed by atoms with Crippen LogP contribution in [0.3, 0.4) is 0 Å². The number of hydrogen-bond donors (Lipinski definition) is 1. The van der Waals surface area contributed by atoms with Crippen LogP contribution in [0.15, 0.2) is 6.20 Å². The average Bonchev–Trinajstić information content (AvgIpc) is 2.77. The number of aliphatic hydroxyl groups excluding tert-OH is 1. The zero-order valence-corrected chi connectivity index (χ0v) is 10.6. The van der Waals surface area contributed by atoms with Crippen molar-refractivity contribution >= 4 is 0 Å². The molecule has 0 radical (unpaired) electrons. The van der Waals surface area contributed by atoms with Crippen LogP contribution >= 0.6 is 0 Å². The Hall–Kier alpha value is -0.980. The van der Waals surface area contributed by atoms with Gasteiger partial charge in [-0.3, -0.25) is 9.58 Å². The molecule has 0 bridgehead atoms. The number of aromatic nitrogens is 3. The molecule has 6 nitrogen and oxygen atoms in total. The lowest BCUT2D eigenvalue weighted by Gasteiger charge is -2.32. The Bertz CT molecular complexity index is 343. The third kappa shape index (κ3) is 3.49. The lowest BCUT2D eigenvalue weighted by molar-refractivity contribution is 0.148. The molecule has 1 aliphatic heterocycles. The van der Waals surface area contributed by atoms with E-state index in [0.29, 0.717) is 5.69 Å². The lowest BCUT2D eigenvalue weighted by atomic mass is 10.3. The van der Waals surface area contributed by atoms with Crippen molar-refractivity contribution in [2.45, 2.75) is 19.6 Å². The van der Waals surface area contributed by atoms with Crippen molar-refractivity contribution in [2.24, 2.45) is 0 Å². The fourth-order valence-corrected chi connectivity index (χ4v) is 1.93. The Morgan fingerprint density at radius 3 is 2.59 bits per heavy atom. The molecular formula is C11H21N5O. The summed E-state index contributed by atoms with van der Waals surface area (Å²) in [4.78, 5) is 4.78. The van der Waals surface area contributed by atoms with Gasteiger partial charge in [0.05, 0.1) is 18.8 Å². The number of nitrogens with zero attached hydrogens (tertiary/aromatic N) is 5. The van der Waals surface area contributed by atoms with E-state index in [-0.39, 0.29) is 0 Å². The van der Waals surface area contributed by atoms with Crippen molar-refractivity contribution in [3.8, 4) is 0 Å². The number of likely N-dealkylation sites (N-methyl/N-ethyl adjacent to an activating group) is 1. The first-order chi connectivity index (χ1) is 8.15. The Kier molecular flexibility index (Phi) is 4.09. The van der Waals surface area contributed by atoms with Gasteiger partial charge in [0.1, 0.15) is 5.69 Å². The van der Waals surface area contributed by atoms with Gasteiger partial charge in [0.2, 0.25) is 0 Å². The van der Waals surface area contributed by atoms with Crippen molar-refractivity contribution in [1.82, 2.24) is 24.8 Å². The van der Waals surface area contributed by atoms with Crippen LogP contribution in [0.4, 0.5) is 0 Å². The first-order valence-corrected chi connectivity index (χ1v) is 6.14. The summed E-state index contributed by atoms with van der Waals surface area (Å²) in [5, 5.41) is 17.3. The Labute approximate surface area is 102 Å². The van der Waals surface area contributed by atoms with Gasteiger partial charge >= 0.3 is 0 Å². The largest absolute Gasteiger partial charge is 0.387 e. The second kappa shape index (κ2) is 5.57. The van der Waals surface area contributed by atoms with E-state index in [0.717, 1.165) is 39.3 Å². The van der Waals surface area contributed by atoms with Gasteiger partial charge < -0.3 is 10.0 Å². The molecule has 0 saturated carbocycles. The van der Waals surface area contributed by atoms with E-state index in [1.807, 2.05) is 6.20 Å². The van der Waals surface area contributed by atoms with E-state index in [2.05, 4.69) is 27.2 Å². The molecular weight excluding hydrogens is 218 g/mol. The van der Waals surface area contributed by atoms with Crippen molar-refractivity contribution in [3.05, 3.63) is 11.9 Å². The Balaban J connectivity index is 1.77. The van der Waals surface area contributed by atoms with Crippen LogP contribution in [0, 0.1) is 0 Å². The number of hydrogen-bond acceptors (Lipinski definition) is 5. The van der Waals surface area contributed by atoms with E-state index in [4.69, 9.17) is 0 Å². The van der Waals surface area contributed by atoms with Crippen LogP contribution in [0.5, 0.6) is 0 Å². The zero-order chi connectivity index (χ0) is 12.3. The zero-order valence-electron chi connectivity index (χ0n) is 10.6. The highest BCUT2D eigenvalue weighted by Crippen LogP contribution is 2.06. The summed E-state index contributed by atoms with van der Waals surface area (Å²) < 4.78 is 1.81. The minimum absolute atomic E-state index is 0.535. The summed E-state index contributed by atoms with van der Waals surface area (Å²) in [6, 6.07) is 0. The van der Waals surface area contributed by atoms with Crippen molar-refractivity contribution < 1.29 is 5.11 Å². The van der Waals surface area contributed by atoms with Crippen LogP contribution < -0.4 is 0 Å². The fourth-order valence-electron chi connectivity index (χ4n) is 1.93. The van der Waals surface area contributed by atoms with Crippen molar-refractivity contribution in [1.29, 1.82) is 0 Å². The fraction of sp³-hybridized carbons (Fsp3) is 0.818. The predicted molar refractivity (Wildman–Crippen MR) is 64.6 cm³/mol. The molecule has 0 amide bonds. The van der Waals surface area contributed by atoms with Crippen LogP contribution in [-0.2, 0) is 6.54 Å². The summed E-state index contributed by atoms with van der Waals surface area (Å²) >= 11 is 0. The van der Waals surface area contributed by atoms with Gasteiger partial charge in [-0.15, -0.1) is 5.10 Å². The quantitative estimate of drug-likeness (QED) is 0.773. The summed E-state index contributed by atoms with van der Waals surface area (Å²) in [5.41, 5.74) is 0.642. The molecule has 0 spiro atoms. The molecule has 1 atom stereocenters. The van der Waals surface area contributed by atoms with E-state index in [1.165, 1.54) is 0 Å². The highest BCUT2D eigenvalue weighted by atomic mass is 16.3. The van der Waals surface area contributed by atoms with E-state index in [9.17, 15) is 5.11 Å². The van der Waals surface area contributed by atoms with Crippen LogP contribution in [0.1, 0.15) is 18.7 Å². The van der Waals surface area contributed by atoms with Gasteiger partial charge in [-0.2, -0.15) is 0 Å². The first kappa shape index (κ1) is 12.5. The van der Waals surface area contributed by atoms with E-state index in [1.54, 1.807) is 11.6 Å². The molecule has 1 saturated heterocycles. The van der Waals surface area contributed by atoms with Crippen molar-refractivity contribution in [2.75, 3.05) is 39.8 Å². The van der Waals surface area contributed by atoms with Gasteiger partial charge in [0.25, 0.3) is 0 Å². The molecule has 2 rings (SSSR count). The van der Waals surface area contributed by atoms with Crippen molar-refractivity contribution in [3.63, 3.8) is 0 Å². The lowest BCUT2D eigenvalue weighted by Crippen LogP contribution is -2.45. The molecule has 6 heteroatoms. The smallest absolute Gasteiger partial charge is 0.111 e. The standard InChI is InChI=1S/C11H21N5O/c1-10(17)11-9-16(13-12-11)8-7-15-5-3-14(2)4-6-15/h9-10,17H,3-8H2,1-2H3. The van der Waals surface area contributed by atoms with Gasteiger partial charge in [-0.1, -0.05) is 5.21 Å². The maximum atomic E-state index is 9.35. The molecule has 1 unspecified atom stereocenters. The molecule has 1 aromatic heterocycles. The van der Waals surface area contributed by atoms with Gasteiger partial charge in [-0.05, 0) is 14.0 Å². The monoisotopic (exact) mass is 239 g/mol. The molecule has 17 heavy (non-hydrogen) atoms. The third-order valence-corrected chi connectivity index (χ3v) is 3.23. The minimum atomic E-state index is -0.535. The van der Waals surface area contributed by atoms with E-state index < -0.39 is 6.10 Å². The first-order valence-electron chi connectivity index (χ1n) is 6.14. The number of aliphatic hydroxyl groups is 1. The predicted octanol–water partition coefficient (Wildman–Crippen LogP) is -0.421. The molecule has 96 valence electrons. The maximum Gasteiger partial charge on any atom is 0.111 e. The van der Waals surface area contributed by atoms with Crippen LogP contribution in [0.2, 0.25) is 0 Å². The van der Waals surface area contributed by atoms with Gasteiger partial charge in [0, 0.05) is 32.7 Å². The van der Waals surface area contributed by atoms with Crippen LogP contribution in [0.25, 0.3) is 0 Å². The number of rotatable bonds is 4. The summed E-state index contributed by atoms with van der Waals surface area (Å²) in [6.07, 6.45) is 1.29. The molecule has 0 aromatic carbocycles. The average molecular weight is 239 g/mol. The second-order valence-corrected chi connectivity index (χ2v) is 4.73. The Morgan fingerprint density at radius 1 is 1.29 bits per heavy atom. The van der Waals surface area contributed by atoms with Gasteiger partial charge in [0.15, 0.2) is 0 Å². The molecule has 1 N–H and O–H groups in total. The Morgan fingerprint density at radius 2 is 2.00 bits per heavy atom. The summed E-state index contributed by atoms with van der Waals surface area (Å²) in [6.45, 7) is 8.05. The van der Waals surface area contributed by atoms with Crippen LogP contribution in [-0.4, -0.2) is 69.7 Å². The highest BCUT2D eigenvalue weighted by Gasteiger charge is 2.13. The second-order valence-electron chi connectivity index (χ2n) is 4.73. The molecule has 1 aliphatic rings. The highest BCUT2D eigenvalue weighted by molar-refractivity contribution is 4.95. The molecule has 2 heterocycles. The normalized spacial score (nSPS) is 20.6. The molecule has 1 fully saturated rings. The maximum absolute atomic E-state index is 9.35. The van der Waals surface area contributed by atoms with E-state index >= 15 is 0 Å². The minimum Gasteiger partial charge on any atom is -0.387 e. The topological polar surface area (TPSA) is 57.4 Å². The summed E-state index contributed by atoms with van der Waals surface area (Å²) in [7, 11) is 2.16. The molecule has 0 aliphatic carbocycles. The molecule has 1 aromatic rings. The number of piperazine rings is 1.